The van der Waals surface area contributed by atoms with Crippen LogP contribution in [0.1, 0.15) is 18.1 Å². The summed E-state index contributed by atoms with van der Waals surface area (Å²) in [5, 5.41) is 3.27. The van der Waals surface area contributed by atoms with E-state index >= 15 is 0 Å². The van der Waals surface area contributed by atoms with E-state index in [9.17, 15) is 4.39 Å². The zero-order valence-corrected chi connectivity index (χ0v) is 14.2. The summed E-state index contributed by atoms with van der Waals surface area (Å²) in [6.07, 6.45) is 0. The molecule has 1 N–H and O–H groups in total. The zero-order chi connectivity index (χ0) is 15.9. The van der Waals surface area contributed by atoms with E-state index in [0.29, 0.717) is 18.1 Å². The molecule has 0 atom stereocenters. The van der Waals surface area contributed by atoms with Gasteiger partial charge in [0.15, 0.2) is 11.5 Å². The molecule has 2 rings (SSSR count). The van der Waals surface area contributed by atoms with Crippen LogP contribution in [0.2, 0.25) is 0 Å². The summed E-state index contributed by atoms with van der Waals surface area (Å²) in [5.74, 6) is 1.06. The number of hydrogen-bond acceptors (Lipinski definition) is 3. The molecule has 2 aromatic rings. The van der Waals surface area contributed by atoms with Gasteiger partial charge < -0.3 is 14.8 Å². The van der Waals surface area contributed by atoms with Crippen molar-refractivity contribution in [2.45, 2.75) is 20.1 Å². The first-order valence-corrected chi connectivity index (χ1v) is 7.87. The minimum atomic E-state index is -0.254. The molecule has 0 bridgehead atoms. The summed E-state index contributed by atoms with van der Waals surface area (Å²) in [7, 11) is 1.61. The summed E-state index contributed by atoms with van der Waals surface area (Å²) in [5.41, 5.74) is 2.01. The van der Waals surface area contributed by atoms with Crippen molar-refractivity contribution in [2.75, 3.05) is 13.7 Å². The SMILES string of the molecule is CCNCc1cc(Br)c(OCc2ccc(F)cc2)c(OC)c1. The van der Waals surface area contributed by atoms with Gasteiger partial charge in [0.05, 0.1) is 11.6 Å². The minimum Gasteiger partial charge on any atom is -0.493 e. The van der Waals surface area contributed by atoms with E-state index in [0.717, 1.165) is 28.7 Å². The number of methoxy groups -OCH3 is 1. The lowest BCUT2D eigenvalue weighted by Crippen LogP contribution is -2.12. The minimum absolute atomic E-state index is 0.254. The molecular formula is C17H19BrFNO2. The number of benzene rings is 2. The highest BCUT2D eigenvalue weighted by molar-refractivity contribution is 9.10. The smallest absolute Gasteiger partial charge is 0.175 e. The van der Waals surface area contributed by atoms with Gasteiger partial charge in [-0.05, 0) is 57.9 Å². The first kappa shape index (κ1) is 16.8. The number of halogens is 2. The van der Waals surface area contributed by atoms with Crippen LogP contribution >= 0.6 is 15.9 Å². The second-order valence-electron chi connectivity index (χ2n) is 4.80. The molecule has 0 aliphatic heterocycles. The Labute approximate surface area is 138 Å². The average molecular weight is 368 g/mol. The van der Waals surface area contributed by atoms with E-state index < -0.39 is 0 Å². The Morgan fingerprint density at radius 2 is 1.86 bits per heavy atom. The van der Waals surface area contributed by atoms with Gasteiger partial charge in [-0.2, -0.15) is 0 Å². The van der Waals surface area contributed by atoms with E-state index in [1.54, 1.807) is 19.2 Å². The molecule has 0 heterocycles. The van der Waals surface area contributed by atoms with E-state index in [2.05, 4.69) is 28.2 Å². The Kier molecular flexibility index (Phi) is 6.21. The third-order valence-corrected chi connectivity index (χ3v) is 3.75. The van der Waals surface area contributed by atoms with Crippen LogP contribution in [0.15, 0.2) is 40.9 Å². The molecule has 2 aromatic carbocycles. The van der Waals surface area contributed by atoms with Crippen LogP contribution in [0.4, 0.5) is 4.39 Å². The predicted octanol–water partition coefficient (Wildman–Crippen LogP) is 4.29. The third kappa shape index (κ3) is 4.45. The van der Waals surface area contributed by atoms with E-state index in [4.69, 9.17) is 9.47 Å². The number of ether oxygens (including phenoxy) is 2. The van der Waals surface area contributed by atoms with Crippen molar-refractivity contribution in [1.29, 1.82) is 0 Å². The maximum absolute atomic E-state index is 12.9. The van der Waals surface area contributed by atoms with Crippen LogP contribution in [0, 0.1) is 5.82 Å². The molecule has 0 spiro atoms. The maximum Gasteiger partial charge on any atom is 0.175 e. The lowest BCUT2D eigenvalue weighted by Gasteiger charge is -2.14. The van der Waals surface area contributed by atoms with Crippen molar-refractivity contribution in [1.82, 2.24) is 5.32 Å². The fourth-order valence-electron chi connectivity index (χ4n) is 2.02. The highest BCUT2D eigenvalue weighted by atomic mass is 79.9. The van der Waals surface area contributed by atoms with Crippen LogP contribution in [0.5, 0.6) is 11.5 Å². The monoisotopic (exact) mass is 367 g/mol. The molecule has 5 heteroatoms. The van der Waals surface area contributed by atoms with Gasteiger partial charge in [-0.25, -0.2) is 4.39 Å². The predicted molar refractivity (Wildman–Crippen MR) is 88.8 cm³/mol. The second-order valence-corrected chi connectivity index (χ2v) is 5.66. The van der Waals surface area contributed by atoms with Crippen molar-refractivity contribution in [3.63, 3.8) is 0 Å². The Hall–Kier alpha value is -1.59. The number of hydrogen-bond donors (Lipinski definition) is 1. The van der Waals surface area contributed by atoms with Crippen LogP contribution in [-0.2, 0) is 13.2 Å². The van der Waals surface area contributed by atoms with E-state index in [1.165, 1.54) is 12.1 Å². The fraction of sp³-hybridized carbons (Fsp3) is 0.294. The van der Waals surface area contributed by atoms with Gasteiger partial charge in [0, 0.05) is 6.54 Å². The van der Waals surface area contributed by atoms with Crippen molar-refractivity contribution >= 4 is 15.9 Å². The van der Waals surface area contributed by atoms with Gasteiger partial charge in [-0.1, -0.05) is 19.1 Å². The molecule has 0 unspecified atom stereocenters. The summed E-state index contributed by atoms with van der Waals surface area (Å²) in [4.78, 5) is 0. The average Bonchev–Trinajstić information content (AvgIpc) is 2.53. The third-order valence-electron chi connectivity index (χ3n) is 3.16. The number of nitrogens with one attached hydrogen (secondary N) is 1. The van der Waals surface area contributed by atoms with Gasteiger partial charge in [0.1, 0.15) is 12.4 Å². The van der Waals surface area contributed by atoms with Crippen LogP contribution < -0.4 is 14.8 Å². The first-order chi connectivity index (χ1) is 10.6. The molecule has 0 fully saturated rings. The van der Waals surface area contributed by atoms with Gasteiger partial charge in [0.25, 0.3) is 0 Å². The molecular weight excluding hydrogens is 349 g/mol. The molecule has 0 saturated heterocycles. The molecule has 0 aliphatic carbocycles. The highest BCUT2D eigenvalue weighted by Gasteiger charge is 2.12. The van der Waals surface area contributed by atoms with Crippen LogP contribution in [-0.4, -0.2) is 13.7 Å². The highest BCUT2D eigenvalue weighted by Crippen LogP contribution is 2.37. The standard InChI is InChI=1S/C17H19BrFNO2/c1-3-20-10-13-8-15(18)17(16(9-13)21-2)22-11-12-4-6-14(19)7-5-12/h4-9,20H,3,10-11H2,1-2H3. The van der Waals surface area contributed by atoms with Crippen molar-refractivity contribution in [3.05, 3.63) is 57.8 Å². The summed E-state index contributed by atoms with van der Waals surface area (Å²) in [6.45, 7) is 4.08. The lowest BCUT2D eigenvalue weighted by molar-refractivity contribution is 0.282. The normalized spacial score (nSPS) is 10.5. The van der Waals surface area contributed by atoms with E-state index in [-0.39, 0.29) is 5.82 Å². The van der Waals surface area contributed by atoms with Gasteiger partial charge in [0.2, 0.25) is 0 Å². The zero-order valence-electron chi connectivity index (χ0n) is 12.7. The Balaban J connectivity index is 2.13. The molecule has 0 aromatic heterocycles. The van der Waals surface area contributed by atoms with Crippen LogP contribution in [0.25, 0.3) is 0 Å². The lowest BCUT2D eigenvalue weighted by atomic mass is 10.2. The van der Waals surface area contributed by atoms with Crippen molar-refractivity contribution in [3.8, 4) is 11.5 Å². The topological polar surface area (TPSA) is 30.5 Å². The summed E-state index contributed by atoms with van der Waals surface area (Å²) >= 11 is 3.52. The van der Waals surface area contributed by atoms with Crippen molar-refractivity contribution < 1.29 is 13.9 Å². The quantitative estimate of drug-likeness (QED) is 0.791. The molecule has 118 valence electrons. The Morgan fingerprint density at radius 1 is 1.14 bits per heavy atom. The molecule has 0 radical (unpaired) electrons. The van der Waals surface area contributed by atoms with Gasteiger partial charge >= 0.3 is 0 Å². The number of rotatable bonds is 7. The molecule has 0 aliphatic rings. The van der Waals surface area contributed by atoms with Crippen LogP contribution in [0.3, 0.4) is 0 Å². The maximum atomic E-state index is 12.9. The summed E-state index contributed by atoms with van der Waals surface area (Å²) < 4.78 is 25.0. The van der Waals surface area contributed by atoms with E-state index in [1.807, 2.05) is 12.1 Å². The van der Waals surface area contributed by atoms with Gasteiger partial charge in [-0.15, -0.1) is 0 Å². The molecule has 22 heavy (non-hydrogen) atoms. The first-order valence-electron chi connectivity index (χ1n) is 7.08. The molecule has 0 saturated carbocycles. The second kappa shape index (κ2) is 8.15. The van der Waals surface area contributed by atoms with Crippen molar-refractivity contribution in [2.24, 2.45) is 0 Å². The molecule has 3 nitrogen and oxygen atoms in total. The summed E-state index contributed by atoms with van der Waals surface area (Å²) in [6, 6.07) is 10.2. The van der Waals surface area contributed by atoms with Gasteiger partial charge in [-0.3, -0.25) is 0 Å². The largest absolute Gasteiger partial charge is 0.493 e. The fourth-order valence-corrected chi connectivity index (χ4v) is 2.62. The Bertz CT molecular complexity index is 617. The Morgan fingerprint density at radius 3 is 2.50 bits per heavy atom. The molecule has 0 amide bonds.